The Labute approximate surface area is 190 Å². The van der Waals surface area contributed by atoms with Crippen LogP contribution in [0, 0.1) is 6.92 Å². The van der Waals surface area contributed by atoms with Crippen LogP contribution in [0.5, 0.6) is 0 Å². The van der Waals surface area contributed by atoms with E-state index in [1.165, 1.54) is 0 Å². The lowest BCUT2D eigenvalue weighted by atomic mass is 9.92. The van der Waals surface area contributed by atoms with E-state index in [0.29, 0.717) is 18.7 Å². The van der Waals surface area contributed by atoms with Crippen LogP contribution in [0.4, 0.5) is 5.82 Å². The number of nitrogens with zero attached hydrogens (tertiary/aromatic N) is 2. The summed E-state index contributed by atoms with van der Waals surface area (Å²) in [7, 11) is 0. The Morgan fingerprint density at radius 3 is 2.31 bits per heavy atom. The Bertz CT molecular complexity index is 1080. The first kappa shape index (κ1) is 23.3. The molecule has 0 radical (unpaired) electrons. The number of hydrogen-bond acceptors (Lipinski definition) is 3. The van der Waals surface area contributed by atoms with Crippen molar-refractivity contribution in [2.24, 2.45) is 0 Å². The average molecular weight is 433 g/mol. The van der Waals surface area contributed by atoms with Crippen molar-refractivity contribution in [1.29, 1.82) is 0 Å². The van der Waals surface area contributed by atoms with Crippen LogP contribution < -0.4 is 10.6 Å². The van der Waals surface area contributed by atoms with Gasteiger partial charge in [-0.25, -0.2) is 4.68 Å². The lowest BCUT2D eigenvalue weighted by molar-refractivity contribution is -0.126. The van der Waals surface area contributed by atoms with Crippen molar-refractivity contribution in [1.82, 2.24) is 15.1 Å². The summed E-state index contributed by atoms with van der Waals surface area (Å²) in [6.07, 6.45) is 0.719. The van der Waals surface area contributed by atoms with Crippen molar-refractivity contribution >= 4 is 17.6 Å². The number of carbonyl (C=O) groups excluding carboxylic acids is 2. The molecule has 1 unspecified atom stereocenters. The zero-order chi connectivity index (χ0) is 23.3. The van der Waals surface area contributed by atoms with Gasteiger partial charge >= 0.3 is 0 Å². The van der Waals surface area contributed by atoms with E-state index in [9.17, 15) is 9.59 Å². The summed E-state index contributed by atoms with van der Waals surface area (Å²) in [6.45, 7) is 10.0. The number of benzene rings is 2. The number of aryl methyl sites for hydroxylation is 1. The van der Waals surface area contributed by atoms with Gasteiger partial charge in [-0.05, 0) is 24.1 Å². The number of anilines is 1. The van der Waals surface area contributed by atoms with Crippen LogP contribution in [0.2, 0.25) is 0 Å². The minimum absolute atomic E-state index is 0.163. The molecule has 3 aromatic rings. The fourth-order valence-corrected chi connectivity index (χ4v) is 3.39. The second-order valence-electron chi connectivity index (χ2n) is 9.02. The van der Waals surface area contributed by atoms with E-state index in [1.807, 2.05) is 67.6 Å². The van der Waals surface area contributed by atoms with Crippen LogP contribution in [-0.2, 0) is 21.4 Å². The van der Waals surface area contributed by atoms with Gasteiger partial charge in [-0.2, -0.15) is 5.10 Å². The van der Waals surface area contributed by atoms with Gasteiger partial charge in [-0.1, -0.05) is 76.2 Å². The van der Waals surface area contributed by atoms with Crippen LogP contribution >= 0.6 is 0 Å². The first-order chi connectivity index (χ1) is 15.2. The highest BCUT2D eigenvalue weighted by atomic mass is 16.2. The van der Waals surface area contributed by atoms with Crippen molar-refractivity contribution in [2.45, 2.75) is 58.9 Å². The minimum Gasteiger partial charge on any atom is -0.344 e. The van der Waals surface area contributed by atoms with Gasteiger partial charge in [0.15, 0.2) is 0 Å². The molecule has 0 fully saturated rings. The summed E-state index contributed by atoms with van der Waals surface area (Å²) >= 11 is 0. The fourth-order valence-electron chi connectivity index (χ4n) is 3.39. The van der Waals surface area contributed by atoms with Crippen LogP contribution in [0.1, 0.15) is 50.9 Å². The van der Waals surface area contributed by atoms with Gasteiger partial charge in [0.1, 0.15) is 11.9 Å². The Hall–Kier alpha value is -3.41. The van der Waals surface area contributed by atoms with Crippen LogP contribution in [0.15, 0.2) is 60.7 Å². The molecule has 0 aliphatic carbocycles. The van der Waals surface area contributed by atoms with Crippen LogP contribution in [-0.4, -0.2) is 27.6 Å². The molecule has 1 atom stereocenters. The molecule has 1 aromatic heterocycles. The average Bonchev–Trinajstić information content (AvgIpc) is 3.18. The lowest BCUT2D eigenvalue weighted by Gasteiger charge is -2.19. The summed E-state index contributed by atoms with van der Waals surface area (Å²) in [5.41, 5.74) is 3.61. The van der Waals surface area contributed by atoms with Crippen LogP contribution in [0.3, 0.4) is 0 Å². The Kier molecular flexibility index (Phi) is 7.13. The van der Waals surface area contributed by atoms with E-state index >= 15 is 0 Å². The van der Waals surface area contributed by atoms with E-state index in [2.05, 4.69) is 31.4 Å². The van der Waals surface area contributed by atoms with Gasteiger partial charge < -0.3 is 10.6 Å². The molecule has 2 N–H and O–H groups in total. The molecule has 2 aromatic carbocycles. The molecular formula is C26H32N4O2. The molecule has 6 heteroatoms. The van der Waals surface area contributed by atoms with E-state index in [1.54, 1.807) is 11.6 Å². The largest absolute Gasteiger partial charge is 0.344 e. The molecule has 0 aliphatic rings. The zero-order valence-electron chi connectivity index (χ0n) is 19.5. The van der Waals surface area contributed by atoms with Crippen molar-refractivity contribution in [2.75, 3.05) is 5.32 Å². The number of para-hydroxylation sites is 1. The summed E-state index contributed by atoms with van der Waals surface area (Å²) in [6, 6.07) is 18.8. The maximum atomic E-state index is 13.3. The molecule has 0 saturated carbocycles. The first-order valence-corrected chi connectivity index (χ1v) is 11.0. The molecule has 32 heavy (non-hydrogen) atoms. The molecule has 2 amide bonds. The highest BCUT2D eigenvalue weighted by Gasteiger charge is 2.25. The molecule has 3 rings (SSSR count). The molecule has 168 valence electrons. The summed E-state index contributed by atoms with van der Waals surface area (Å²) in [4.78, 5) is 25.5. The number of hydrogen-bond donors (Lipinski definition) is 2. The van der Waals surface area contributed by atoms with Gasteiger partial charge in [0, 0.05) is 24.3 Å². The van der Waals surface area contributed by atoms with Gasteiger partial charge in [-0.15, -0.1) is 0 Å². The Morgan fingerprint density at radius 2 is 1.69 bits per heavy atom. The summed E-state index contributed by atoms with van der Waals surface area (Å²) in [5, 5.41) is 10.7. The molecule has 6 nitrogen and oxygen atoms in total. The quantitative estimate of drug-likeness (QED) is 0.575. The number of nitrogens with one attached hydrogen (secondary N) is 2. The smallest absolute Gasteiger partial charge is 0.248 e. The summed E-state index contributed by atoms with van der Waals surface area (Å²) < 4.78 is 1.77. The maximum absolute atomic E-state index is 13.3. The second kappa shape index (κ2) is 9.81. The van der Waals surface area contributed by atoms with Gasteiger partial charge in [-0.3, -0.25) is 9.59 Å². The van der Waals surface area contributed by atoms with E-state index < -0.39 is 6.04 Å². The van der Waals surface area contributed by atoms with Crippen LogP contribution in [0.25, 0.3) is 5.69 Å². The Morgan fingerprint density at radius 1 is 1.03 bits per heavy atom. The molecule has 0 aliphatic heterocycles. The van der Waals surface area contributed by atoms with Gasteiger partial charge in [0.25, 0.3) is 0 Å². The minimum atomic E-state index is -0.692. The summed E-state index contributed by atoms with van der Waals surface area (Å²) in [5.74, 6) is 0.146. The highest BCUT2D eigenvalue weighted by Crippen LogP contribution is 2.27. The van der Waals surface area contributed by atoms with Crippen molar-refractivity contribution in [3.05, 3.63) is 77.5 Å². The van der Waals surface area contributed by atoms with Gasteiger partial charge in [0.05, 0.1) is 11.4 Å². The lowest BCUT2D eigenvalue weighted by Crippen LogP contribution is -2.45. The van der Waals surface area contributed by atoms with E-state index in [4.69, 9.17) is 5.10 Å². The third kappa shape index (κ3) is 5.63. The molecule has 0 saturated heterocycles. The fraction of sp³-hybridized carbons (Fsp3) is 0.346. The SMILES string of the molecule is CCC(=O)NC(Cc1ccccc1)C(=O)Nc1cc(C(C)(C)C)nn1-c1ccccc1C. The van der Waals surface area contributed by atoms with Crippen molar-refractivity contribution in [3.63, 3.8) is 0 Å². The highest BCUT2D eigenvalue weighted by molar-refractivity contribution is 5.97. The number of amides is 2. The molecule has 1 heterocycles. The normalized spacial score (nSPS) is 12.3. The first-order valence-electron chi connectivity index (χ1n) is 11.0. The predicted octanol–water partition coefficient (Wildman–Crippen LogP) is 4.55. The number of aromatic nitrogens is 2. The van der Waals surface area contributed by atoms with Crippen molar-refractivity contribution < 1.29 is 9.59 Å². The second-order valence-corrected chi connectivity index (χ2v) is 9.02. The molecule has 0 spiro atoms. The standard InChI is InChI=1S/C26H32N4O2/c1-6-24(31)27-20(16-19-13-8-7-9-14-19)25(32)28-23-17-22(26(3,4)5)29-30(23)21-15-11-10-12-18(21)2/h7-15,17,20H,6,16H2,1-5H3,(H,27,31)(H,28,32). The number of carbonyl (C=O) groups is 2. The predicted molar refractivity (Wildman–Crippen MR) is 128 cm³/mol. The Balaban J connectivity index is 1.95. The third-order valence-corrected chi connectivity index (χ3v) is 5.33. The van der Waals surface area contributed by atoms with Crippen molar-refractivity contribution in [3.8, 4) is 5.69 Å². The van der Waals surface area contributed by atoms with E-state index in [0.717, 1.165) is 22.5 Å². The van der Waals surface area contributed by atoms with E-state index in [-0.39, 0.29) is 17.2 Å². The molecule has 0 bridgehead atoms. The zero-order valence-corrected chi connectivity index (χ0v) is 19.5. The molecular weight excluding hydrogens is 400 g/mol. The monoisotopic (exact) mass is 432 g/mol. The number of rotatable bonds is 7. The third-order valence-electron chi connectivity index (χ3n) is 5.33. The maximum Gasteiger partial charge on any atom is 0.248 e. The van der Waals surface area contributed by atoms with Gasteiger partial charge in [0.2, 0.25) is 11.8 Å². The topological polar surface area (TPSA) is 76.0 Å².